The van der Waals surface area contributed by atoms with Crippen molar-refractivity contribution in [1.29, 1.82) is 0 Å². The van der Waals surface area contributed by atoms with Crippen molar-refractivity contribution in [3.63, 3.8) is 0 Å². The predicted octanol–water partition coefficient (Wildman–Crippen LogP) is 4.77. The minimum atomic E-state index is -0.447. The molecule has 0 saturated heterocycles. The minimum absolute atomic E-state index is 0.295. The summed E-state index contributed by atoms with van der Waals surface area (Å²) in [5, 5.41) is 9.31. The van der Waals surface area contributed by atoms with Gasteiger partial charge in [-0.3, -0.25) is 0 Å². The van der Waals surface area contributed by atoms with Gasteiger partial charge < -0.3 is 14.5 Å². The summed E-state index contributed by atoms with van der Waals surface area (Å²) in [4.78, 5) is 15.2. The van der Waals surface area contributed by atoms with Crippen LogP contribution in [0.1, 0.15) is 17.4 Å². The first kappa shape index (κ1) is 15.7. The van der Waals surface area contributed by atoms with Crippen LogP contribution in [0.4, 0.5) is 11.4 Å². The van der Waals surface area contributed by atoms with Gasteiger partial charge in [-0.25, -0.2) is 4.79 Å². The molecular formula is C18H17N3O3. The Morgan fingerprint density at radius 1 is 1.08 bits per heavy atom. The highest BCUT2D eigenvalue weighted by Crippen LogP contribution is 2.32. The summed E-state index contributed by atoms with van der Waals surface area (Å²) in [6.07, 6.45) is 0. The van der Waals surface area contributed by atoms with Gasteiger partial charge in [0.2, 0.25) is 0 Å². The average Bonchev–Trinajstić information content (AvgIpc) is 2.99. The Hall–Kier alpha value is -3.15. The third-order valence-electron chi connectivity index (χ3n) is 3.50. The van der Waals surface area contributed by atoms with E-state index in [0.29, 0.717) is 23.7 Å². The largest absolute Gasteiger partial charge is 0.497 e. The number of esters is 1. The van der Waals surface area contributed by atoms with Gasteiger partial charge in [0.05, 0.1) is 19.4 Å². The number of nitrogens with one attached hydrogen (secondary N) is 1. The molecule has 0 radical (unpaired) electrons. The first-order chi connectivity index (χ1) is 11.7. The molecule has 0 saturated carbocycles. The van der Waals surface area contributed by atoms with Gasteiger partial charge in [0.15, 0.2) is 5.69 Å². The van der Waals surface area contributed by atoms with Gasteiger partial charge in [-0.15, -0.1) is 5.11 Å². The molecule has 3 aromatic rings. The van der Waals surface area contributed by atoms with E-state index in [4.69, 9.17) is 9.47 Å². The Morgan fingerprint density at radius 3 is 2.54 bits per heavy atom. The van der Waals surface area contributed by atoms with Crippen molar-refractivity contribution in [3.8, 4) is 5.75 Å². The SMILES string of the molecule is CCOC(=O)c1[nH]c2ccccc2c1N=Nc1ccc(OC)cc1. The van der Waals surface area contributed by atoms with E-state index in [1.54, 1.807) is 38.3 Å². The minimum Gasteiger partial charge on any atom is -0.497 e. The van der Waals surface area contributed by atoms with Crippen LogP contribution in [-0.2, 0) is 4.74 Å². The number of aromatic nitrogens is 1. The van der Waals surface area contributed by atoms with E-state index in [2.05, 4.69) is 15.2 Å². The fourth-order valence-corrected chi connectivity index (χ4v) is 2.34. The molecule has 3 rings (SSSR count). The summed E-state index contributed by atoms with van der Waals surface area (Å²) in [5.74, 6) is 0.297. The van der Waals surface area contributed by atoms with E-state index in [0.717, 1.165) is 16.7 Å². The number of H-pyrrole nitrogens is 1. The van der Waals surface area contributed by atoms with Gasteiger partial charge in [0.25, 0.3) is 0 Å². The third-order valence-corrected chi connectivity index (χ3v) is 3.50. The summed E-state index contributed by atoms with van der Waals surface area (Å²) < 4.78 is 10.2. The number of aromatic amines is 1. The van der Waals surface area contributed by atoms with Crippen molar-refractivity contribution in [2.75, 3.05) is 13.7 Å². The fourth-order valence-electron chi connectivity index (χ4n) is 2.34. The van der Waals surface area contributed by atoms with Crippen molar-refractivity contribution in [2.24, 2.45) is 10.2 Å². The molecular weight excluding hydrogens is 306 g/mol. The molecule has 6 nitrogen and oxygen atoms in total. The van der Waals surface area contributed by atoms with Gasteiger partial charge in [-0.1, -0.05) is 18.2 Å². The number of ether oxygens (including phenoxy) is 2. The number of carbonyl (C=O) groups is 1. The van der Waals surface area contributed by atoms with Crippen LogP contribution in [0.5, 0.6) is 5.75 Å². The molecule has 1 aromatic heterocycles. The Kier molecular flexibility index (Phi) is 4.56. The predicted molar refractivity (Wildman–Crippen MR) is 91.4 cm³/mol. The number of fused-ring (bicyclic) bond motifs is 1. The molecule has 0 aliphatic heterocycles. The van der Waals surface area contributed by atoms with Crippen LogP contribution < -0.4 is 4.74 Å². The van der Waals surface area contributed by atoms with Crippen LogP contribution in [0.2, 0.25) is 0 Å². The molecule has 1 heterocycles. The number of azo groups is 1. The lowest BCUT2D eigenvalue weighted by Crippen LogP contribution is -2.04. The molecule has 24 heavy (non-hydrogen) atoms. The zero-order valence-corrected chi connectivity index (χ0v) is 13.4. The van der Waals surface area contributed by atoms with Crippen LogP contribution in [0.25, 0.3) is 10.9 Å². The number of nitrogens with zero attached hydrogens (tertiary/aromatic N) is 2. The second-order valence-electron chi connectivity index (χ2n) is 5.01. The highest BCUT2D eigenvalue weighted by molar-refractivity contribution is 6.04. The Morgan fingerprint density at radius 2 is 1.83 bits per heavy atom. The van der Waals surface area contributed by atoms with E-state index in [1.165, 1.54) is 0 Å². The molecule has 0 spiro atoms. The van der Waals surface area contributed by atoms with E-state index in [9.17, 15) is 4.79 Å². The number of benzene rings is 2. The number of rotatable bonds is 5. The van der Waals surface area contributed by atoms with E-state index in [1.807, 2.05) is 24.3 Å². The summed E-state index contributed by atoms with van der Waals surface area (Å²) in [6, 6.07) is 14.7. The number of para-hydroxylation sites is 1. The maximum absolute atomic E-state index is 12.2. The van der Waals surface area contributed by atoms with Gasteiger partial charge in [0.1, 0.15) is 11.4 Å². The summed E-state index contributed by atoms with van der Waals surface area (Å²) in [6.45, 7) is 2.06. The number of methoxy groups -OCH3 is 1. The summed E-state index contributed by atoms with van der Waals surface area (Å²) in [5.41, 5.74) is 2.25. The quantitative estimate of drug-likeness (QED) is 0.543. The lowest BCUT2D eigenvalue weighted by molar-refractivity contribution is 0.0521. The molecule has 0 fully saturated rings. The Labute approximate surface area is 139 Å². The van der Waals surface area contributed by atoms with Crippen molar-refractivity contribution in [3.05, 3.63) is 54.2 Å². The molecule has 0 amide bonds. The monoisotopic (exact) mass is 323 g/mol. The smallest absolute Gasteiger partial charge is 0.357 e. The molecule has 2 aromatic carbocycles. The lowest BCUT2D eigenvalue weighted by atomic mass is 10.2. The summed E-state index contributed by atoms with van der Waals surface area (Å²) in [7, 11) is 1.61. The van der Waals surface area contributed by atoms with Crippen LogP contribution in [-0.4, -0.2) is 24.7 Å². The highest BCUT2D eigenvalue weighted by atomic mass is 16.5. The van der Waals surface area contributed by atoms with Crippen LogP contribution in [0, 0.1) is 0 Å². The normalized spacial score (nSPS) is 11.1. The van der Waals surface area contributed by atoms with Crippen LogP contribution in [0.3, 0.4) is 0 Å². The number of hydrogen-bond donors (Lipinski definition) is 1. The van der Waals surface area contributed by atoms with Crippen molar-refractivity contribution < 1.29 is 14.3 Å². The van der Waals surface area contributed by atoms with E-state index < -0.39 is 5.97 Å². The fraction of sp³-hybridized carbons (Fsp3) is 0.167. The first-order valence-corrected chi connectivity index (χ1v) is 7.56. The maximum Gasteiger partial charge on any atom is 0.357 e. The highest BCUT2D eigenvalue weighted by Gasteiger charge is 2.18. The first-order valence-electron chi connectivity index (χ1n) is 7.56. The molecule has 6 heteroatoms. The van der Waals surface area contributed by atoms with Crippen molar-refractivity contribution >= 4 is 28.2 Å². The number of hydrogen-bond acceptors (Lipinski definition) is 5. The summed E-state index contributed by atoms with van der Waals surface area (Å²) >= 11 is 0. The average molecular weight is 323 g/mol. The van der Waals surface area contributed by atoms with E-state index in [-0.39, 0.29) is 0 Å². The van der Waals surface area contributed by atoms with Crippen LogP contribution in [0.15, 0.2) is 58.8 Å². The molecule has 1 N–H and O–H groups in total. The zero-order chi connectivity index (χ0) is 16.9. The maximum atomic E-state index is 12.2. The lowest BCUT2D eigenvalue weighted by Gasteiger charge is -2.00. The van der Waals surface area contributed by atoms with Gasteiger partial charge in [0, 0.05) is 10.9 Å². The van der Waals surface area contributed by atoms with Crippen LogP contribution >= 0.6 is 0 Å². The molecule has 0 bridgehead atoms. The van der Waals surface area contributed by atoms with E-state index >= 15 is 0 Å². The van der Waals surface area contributed by atoms with Crippen molar-refractivity contribution in [1.82, 2.24) is 4.98 Å². The molecule has 0 unspecified atom stereocenters. The molecule has 0 atom stereocenters. The number of carbonyl (C=O) groups excluding carboxylic acids is 1. The van der Waals surface area contributed by atoms with Gasteiger partial charge >= 0.3 is 5.97 Å². The molecule has 0 aliphatic carbocycles. The zero-order valence-electron chi connectivity index (χ0n) is 13.4. The molecule has 0 aliphatic rings. The Bertz CT molecular complexity index is 882. The second kappa shape index (κ2) is 6.95. The standard InChI is InChI=1S/C18H17N3O3/c1-3-24-18(22)17-16(14-6-4-5-7-15(14)19-17)21-20-12-8-10-13(23-2)11-9-12/h4-11,19H,3H2,1-2H3. The second-order valence-corrected chi connectivity index (χ2v) is 5.01. The topological polar surface area (TPSA) is 76.0 Å². The Balaban J connectivity index is 2.01. The van der Waals surface area contributed by atoms with Crippen molar-refractivity contribution in [2.45, 2.75) is 6.92 Å². The molecule has 122 valence electrons. The van der Waals surface area contributed by atoms with Gasteiger partial charge in [-0.05, 0) is 37.3 Å². The van der Waals surface area contributed by atoms with Gasteiger partial charge in [-0.2, -0.15) is 5.11 Å². The third kappa shape index (κ3) is 3.12.